The fourth-order valence-corrected chi connectivity index (χ4v) is 1.94. The molecule has 21 heavy (non-hydrogen) atoms. The summed E-state index contributed by atoms with van der Waals surface area (Å²) in [7, 11) is 0. The monoisotopic (exact) mass is 306 g/mol. The molecule has 2 aromatic carbocycles. The molecule has 0 unspecified atom stereocenters. The van der Waals surface area contributed by atoms with Gasteiger partial charge in [-0.2, -0.15) is 5.10 Å². The summed E-state index contributed by atoms with van der Waals surface area (Å²) in [6, 6.07) is 9.79. The maximum absolute atomic E-state index is 14.0. The molecule has 0 heterocycles. The first-order valence-corrected chi connectivity index (χ1v) is 6.30. The average molecular weight is 307 g/mol. The Bertz CT molecular complexity index is 718. The molecule has 2 amide bonds. The molecular formula is C14H12ClFN4O. The number of nitrogens with two attached hydrogens (primary N) is 2. The number of halogens is 2. The van der Waals surface area contributed by atoms with Crippen molar-refractivity contribution >= 4 is 29.0 Å². The number of amides is 2. The van der Waals surface area contributed by atoms with Gasteiger partial charge in [0, 0.05) is 21.8 Å². The zero-order chi connectivity index (χ0) is 15.4. The van der Waals surface area contributed by atoms with E-state index in [1.165, 1.54) is 18.2 Å². The predicted molar refractivity (Wildman–Crippen MR) is 80.6 cm³/mol. The first kappa shape index (κ1) is 14.8. The van der Waals surface area contributed by atoms with E-state index < -0.39 is 11.8 Å². The van der Waals surface area contributed by atoms with Crippen molar-refractivity contribution in [2.75, 3.05) is 5.73 Å². The zero-order valence-corrected chi connectivity index (χ0v) is 11.6. The summed E-state index contributed by atoms with van der Waals surface area (Å²) in [5.74, 6) is -0.512. The van der Waals surface area contributed by atoms with Crippen molar-refractivity contribution in [2.24, 2.45) is 10.8 Å². The summed E-state index contributed by atoms with van der Waals surface area (Å²) < 4.78 is 14.0. The lowest BCUT2D eigenvalue weighted by molar-refractivity contribution is 0.249. The number of nitrogens with one attached hydrogen (secondary N) is 1. The number of nitrogen functional groups attached to an aromatic ring is 1. The summed E-state index contributed by atoms with van der Waals surface area (Å²) in [5.41, 5.74) is 14.0. The molecule has 0 aliphatic heterocycles. The van der Waals surface area contributed by atoms with E-state index in [2.05, 4.69) is 10.5 Å². The highest BCUT2D eigenvalue weighted by Gasteiger charge is 2.15. The minimum absolute atomic E-state index is 0.131. The van der Waals surface area contributed by atoms with Gasteiger partial charge in [0.2, 0.25) is 0 Å². The number of nitrogens with zero attached hydrogens (tertiary/aromatic N) is 1. The molecular weight excluding hydrogens is 295 g/mol. The number of primary amides is 1. The Balaban J connectivity index is 2.62. The van der Waals surface area contributed by atoms with Crippen LogP contribution in [-0.2, 0) is 0 Å². The third-order valence-electron chi connectivity index (χ3n) is 2.68. The zero-order valence-electron chi connectivity index (χ0n) is 10.8. The second kappa shape index (κ2) is 6.23. The maximum atomic E-state index is 14.0. The smallest absolute Gasteiger partial charge is 0.332 e. The minimum Gasteiger partial charge on any atom is -0.398 e. The maximum Gasteiger partial charge on any atom is 0.332 e. The highest BCUT2D eigenvalue weighted by Crippen LogP contribution is 2.23. The quantitative estimate of drug-likeness (QED) is 0.461. The lowest BCUT2D eigenvalue weighted by Gasteiger charge is -2.11. The third-order valence-corrected chi connectivity index (χ3v) is 2.91. The van der Waals surface area contributed by atoms with Gasteiger partial charge >= 0.3 is 6.03 Å². The molecule has 0 saturated heterocycles. The number of hydrogen-bond donors (Lipinski definition) is 3. The second-order valence-corrected chi connectivity index (χ2v) is 4.58. The van der Waals surface area contributed by atoms with Gasteiger partial charge in [-0.15, -0.1) is 0 Å². The Kier molecular flexibility index (Phi) is 4.39. The molecule has 0 bridgehead atoms. The van der Waals surface area contributed by atoms with E-state index in [0.29, 0.717) is 16.3 Å². The molecule has 5 nitrogen and oxygen atoms in total. The molecule has 0 aliphatic carbocycles. The van der Waals surface area contributed by atoms with Gasteiger partial charge in [-0.25, -0.2) is 14.6 Å². The van der Waals surface area contributed by atoms with Crippen LogP contribution in [0.2, 0.25) is 5.02 Å². The standard InChI is InChI=1S/C14H12ClFN4O/c15-8-5-6-12(17)10(7-8)13(19-20-14(18)21)9-3-1-2-4-11(9)16/h1-7H,17H2,(H3,18,20,21)/b19-13-. The van der Waals surface area contributed by atoms with Gasteiger partial charge in [0.05, 0.1) is 0 Å². The number of urea groups is 1. The number of hydrazone groups is 1. The Morgan fingerprint density at radius 2 is 1.90 bits per heavy atom. The van der Waals surface area contributed by atoms with E-state index in [1.54, 1.807) is 24.3 Å². The number of carbonyl (C=O) groups excluding carboxylic acids is 1. The van der Waals surface area contributed by atoms with Crippen molar-refractivity contribution in [1.82, 2.24) is 5.43 Å². The molecule has 2 rings (SSSR count). The number of anilines is 1. The normalized spacial score (nSPS) is 11.2. The van der Waals surface area contributed by atoms with Crippen LogP contribution in [0.5, 0.6) is 0 Å². The van der Waals surface area contributed by atoms with Gasteiger partial charge in [0.15, 0.2) is 0 Å². The highest BCUT2D eigenvalue weighted by atomic mass is 35.5. The fraction of sp³-hybridized carbons (Fsp3) is 0. The molecule has 0 atom stereocenters. The first-order chi connectivity index (χ1) is 9.99. The number of benzene rings is 2. The molecule has 0 saturated carbocycles. The summed E-state index contributed by atoms with van der Waals surface area (Å²) in [4.78, 5) is 10.9. The van der Waals surface area contributed by atoms with Crippen LogP contribution in [0.15, 0.2) is 47.6 Å². The summed E-state index contributed by atoms with van der Waals surface area (Å²) in [6.45, 7) is 0. The molecule has 0 fully saturated rings. The number of rotatable bonds is 3. The van der Waals surface area contributed by atoms with Crippen LogP contribution < -0.4 is 16.9 Å². The van der Waals surface area contributed by atoms with Crippen molar-refractivity contribution in [1.29, 1.82) is 0 Å². The minimum atomic E-state index is -0.871. The molecule has 108 valence electrons. The van der Waals surface area contributed by atoms with Crippen molar-refractivity contribution in [3.05, 3.63) is 64.4 Å². The van der Waals surface area contributed by atoms with E-state index in [4.69, 9.17) is 23.1 Å². The summed E-state index contributed by atoms with van der Waals surface area (Å²) >= 11 is 5.93. The van der Waals surface area contributed by atoms with Crippen molar-refractivity contribution < 1.29 is 9.18 Å². The van der Waals surface area contributed by atoms with E-state index in [0.717, 1.165) is 0 Å². The molecule has 0 radical (unpaired) electrons. The largest absolute Gasteiger partial charge is 0.398 e. The van der Waals surface area contributed by atoms with Gasteiger partial charge < -0.3 is 11.5 Å². The Morgan fingerprint density at radius 3 is 2.57 bits per heavy atom. The van der Waals surface area contributed by atoms with Crippen molar-refractivity contribution in [3.63, 3.8) is 0 Å². The summed E-state index contributed by atoms with van der Waals surface area (Å²) in [5, 5.41) is 4.24. The molecule has 0 aliphatic rings. The van der Waals surface area contributed by atoms with E-state index >= 15 is 0 Å². The number of carbonyl (C=O) groups is 1. The second-order valence-electron chi connectivity index (χ2n) is 4.15. The van der Waals surface area contributed by atoms with Crippen LogP contribution >= 0.6 is 11.6 Å². The number of hydrogen-bond acceptors (Lipinski definition) is 3. The highest BCUT2D eigenvalue weighted by molar-refractivity contribution is 6.31. The summed E-state index contributed by atoms with van der Waals surface area (Å²) in [6.07, 6.45) is 0. The van der Waals surface area contributed by atoms with Crippen molar-refractivity contribution in [2.45, 2.75) is 0 Å². The van der Waals surface area contributed by atoms with Gasteiger partial charge in [-0.3, -0.25) is 0 Å². The molecule has 0 aromatic heterocycles. The van der Waals surface area contributed by atoms with Crippen molar-refractivity contribution in [3.8, 4) is 0 Å². The van der Waals surface area contributed by atoms with Crippen LogP contribution in [0.4, 0.5) is 14.9 Å². The van der Waals surface area contributed by atoms with E-state index in [-0.39, 0.29) is 11.3 Å². The topological polar surface area (TPSA) is 93.5 Å². The van der Waals surface area contributed by atoms with Gasteiger partial charge in [0.25, 0.3) is 0 Å². The third kappa shape index (κ3) is 3.49. The lowest BCUT2D eigenvalue weighted by atomic mass is 10.0. The van der Waals surface area contributed by atoms with Crippen LogP contribution in [-0.4, -0.2) is 11.7 Å². The SMILES string of the molecule is NC(=O)N/N=C(\c1cc(Cl)ccc1N)c1ccccc1F. The average Bonchev–Trinajstić information content (AvgIpc) is 2.44. The van der Waals surface area contributed by atoms with E-state index in [1.807, 2.05) is 0 Å². The van der Waals surface area contributed by atoms with Crippen LogP contribution in [0.3, 0.4) is 0 Å². The van der Waals surface area contributed by atoms with Crippen LogP contribution in [0, 0.1) is 5.82 Å². The van der Waals surface area contributed by atoms with Crippen LogP contribution in [0.25, 0.3) is 0 Å². The van der Waals surface area contributed by atoms with Crippen LogP contribution in [0.1, 0.15) is 11.1 Å². The van der Waals surface area contributed by atoms with E-state index in [9.17, 15) is 9.18 Å². The van der Waals surface area contributed by atoms with Gasteiger partial charge in [0.1, 0.15) is 11.5 Å². The van der Waals surface area contributed by atoms with Gasteiger partial charge in [-0.05, 0) is 30.3 Å². The molecule has 2 aromatic rings. The fourth-order valence-electron chi connectivity index (χ4n) is 1.76. The lowest BCUT2D eigenvalue weighted by Crippen LogP contribution is -2.26. The first-order valence-electron chi connectivity index (χ1n) is 5.92. The Hall–Kier alpha value is -2.60. The Morgan fingerprint density at radius 1 is 1.19 bits per heavy atom. The predicted octanol–water partition coefficient (Wildman–Crippen LogP) is 2.48. The molecule has 5 N–H and O–H groups in total. The van der Waals surface area contributed by atoms with Gasteiger partial charge in [-0.1, -0.05) is 23.7 Å². The Labute approximate surface area is 125 Å². The molecule has 7 heteroatoms. The molecule has 0 spiro atoms.